The second-order valence-electron chi connectivity index (χ2n) is 4.61. The SMILES string of the molecule is Cc1c(Cl)nnc(NCCC(=O)NC2CC2)c1C. The molecule has 98 valence electrons. The second-order valence-corrected chi connectivity index (χ2v) is 4.97. The third kappa shape index (κ3) is 3.32. The molecule has 0 radical (unpaired) electrons. The van der Waals surface area contributed by atoms with Crippen LogP contribution >= 0.6 is 11.6 Å². The number of carbonyl (C=O) groups is 1. The zero-order chi connectivity index (χ0) is 13.1. The lowest BCUT2D eigenvalue weighted by atomic mass is 10.2. The van der Waals surface area contributed by atoms with Gasteiger partial charge in [-0.05, 0) is 37.8 Å². The Labute approximate surface area is 111 Å². The van der Waals surface area contributed by atoms with Crippen molar-refractivity contribution in [2.24, 2.45) is 0 Å². The van der Waals surface area contributed by atoms with Crippen LogP contribution in [0.25, 0.3) is 0 Å². The van der Waals surface area contributed by atoms with E-state index >= 15 is 0 Å². The van der Waals surface area contributed by atoms with Crippen molar-refractivity contribution in [3.05, 3.63) is 16.3 Å². The van der Waals surface area contributed by atoms with Gasteiger partial charge in [0.05, 0.1) is 0 Å². The van der Waals surface area contributed by atoms with Crippen LogP contribution in [0.1, 0.15) is 30.4 Å². The van der Waals surface area contributed by atoms with E-state index in [2.05, 4.69) is 20.8 Å². The van der Waals surface area contributed by atoms with Gasteiger partial charge in [-0.2, -0.15) is 0 Å². The van der Waals surface area contributed by atoms with E-state index in [0.29, 0.717) is 30.0 Å². The van der Waals surface area contributed by atoms with Gasteiger partial charge in [-0.3, -0.25) is 4.79 Å². The van der Waals surface area contributed by atoms with Crippen LogP contribution in [0.2, 0.25) is 5.15 Å². The molecule has 1 aliphatic rings. The van der Waals surface area contributed by atoms with Gasteiger partial charge in [0.2, 0.25) is 5.91 Å². The van der Waals surface area contributed by atoms with Crippen LogP contribution in [0.3, 0.4) is 0 Å². The summed E-state index contributed by atoms with van der Waals surface area (Å²) in [5.41, 5.74) is 1.88. The molecule has 0 aromatic carbocycles. The molecule has 0 aliphatic heterocycles. The molecular formula is C12H17ClN4O. The Morgan fingerprint density at radius 3 is 2.72 bits per heavy atom. The standard InChI is InChI=1S/C12H17ClN4O/c1-7-8(2)12(17-16-11(7)13)14-6-5-10(18)15-9-3-4-9/h9H,3-6H2,1-2H3,(H,14,17)(H,15,18). The molecule has 18 heavy (non-hydrogen) atoms. The lowest BCUT2D eigenvalue weighted by Crippen LogP contribution is -2.27. The number of carbonyl (C=O) groups excluding carboxylic acids is 1. The summed E-state index contributed by atoms with van der Waals surface area (Å²) in [7, 11) is 0. The third-order valence-electron chi connectivity index (χ3n) is 3.05. The number of anilines is 1. The first kappa shape index (κ1) is 13.1. The summed E-state index contributed by atoms with van der Waals surface area (Å²) in [6.45, 7) is 4.38. The van der Waals surface area contributed by atoms with E-state index in [4.69, 9.17) is 11.6 Å². The predicted octanol–water partition coefficient (Wildman–Crippen LogP) is 1.83. The topological polar surface area (TPSA) is 66.9 Å². The average molecular weight is 269 g/mol. The number of amides is 1. The maximum Gasteiger partial charge on any atom is 0.221 e. The van der Waals surface area contributed by atoms with Crippen LogP contribution in [0.4, 0.5) is 5.82 Å². The summed E-state index contributed by atoms with van der Waals surface area (Å²) in [6.07, 6.45) is 2.67. The van der Waals surface area contributed by atoms with Crippen LogP contribution in [-0.4, -0.2) is 28.7 Å². The van der Waals surface area contributed by atoms with E-state index in [1.165, 1.54) is 0 Å². The molecule has 1 saturated carbocycles. The number of nitrogens with one attached hydrogen (secondary N) is 2. The fourth-order valence-electron chi connectivity index (χ4n) is 1.57. The highest BCUT2D eigenvalue weighted by atomic mass is 35.5. The molecule has 0 saturated heterocycles. The van der Waals surface area contributed by atoms with Crippen molar-refractivity contribution >= 4 is 23.3 Å². The van der Waals surface area contributed by atoms with Crippen molar-refractivity contribution in [2.45, 2.75) is 39.2 Å². The fraction of sp³-hybridized carbons (Fsp3) is 0.583. The number of hydrogen-bond acceptors (Lipinski definition) is 4. The van der Waals surface area contributed by atoms with Crippen molar-refractivity contribution in [2.75, 3.05) is 11.9 Å². The highest BCUT2D eigenvalue weighted by Crippen LogP contribution is 2.20. The molecule has 2 rings (SSSR count). The Bertz CT molecular complexity index is 460. The van der Waals surface area contributed by atoms with Crippen molar-refractivity contribution in [1.29, 1.82) is 0 Å². The van der Waals surface area contributed by atoms with Gasteiger partial charge in [-0.25, -0.2) is 0 Å². The number of hydrogen-bond donors (Lipinski definition) is 2. The molecule has 1 aliphatic carbocycles. The first-order valence-electron chi connectivity index (χ1n) is 6.10. The largest absolute Gasteiger partial charge is 0.368 e. The number of halogens is 1. The minimum atomic E-state index is 0.0845. The van der Waals surface area contributed by atoms with Crippen molar-refractivity contribution in [1.82, 2.24) is 15.5 Å². The van der Waals surface area contributed by atoms with E-state index in [1.54, 1.807) is 0 Å². The third-order valence-corrected chi connectivity index (χ3v) is 3.41. The summed E-state index contributed by atoms with van der Waals surface area (Å²) < 4.78 is 0. The molecule has 6 heteroatoms. The lowest BCUT2D eigenvalue weighted by molar-refractivity contribution is -0.120. The Hall–Kier alpha value is -1.36. The molecule has 1 fully saturated rings. The molecule has 1 aromatic heterocycles. The summed E-state index contributed by atoms with van der Waals surface area (Å²) in [6, 6.07) is 0.414. The molecule has 1 aromatic rings. The normalized spacial score (nSPS) is 14.4. The van der Waals surface area contributed by atoms with Gasteiger partial charge in [-0.1, -0.05) is 11.6 Å². The highest BCUT2D eigenvalue weighted by Gasteiger charge is 2.22. The maximum absolute atomic E-state index is 11.5. The summed E-state index contributed by atoms with van der Waals surface area (Å²) in [5, 5.41) is 14.3. The number of nitrogens with zero attached hydrogens (tertiary/aromatic N) is 2. The molecule has 1 heterocycles. The minimum absolute atomic E-state index is 0.0845. The summed E-state index contributed by atoms with van der Waals surface area (Å²) in [4.78, 5) is 11.5. The van der Waals surface area contributed by atoms with Gasteiger partial charge in [0.1, 0.15) is 0 Å². The monoisotopic (exact) mass is 268 g/mol. The molecule has 0 atom stereocenters. The number of rotatable bonds is 5. The molecule has 2 N–H and O–H groups in total. The Morgan fingerprint density at radius 1 is 1.33 bits per heavy atom. The zero-order valence-electron chi connectivity index (χ0n) is 10.6. The Balaban J connectivity index is 1.82. The van der Waals surface area contributed by atoms with Crippen LogP contribution in [0.5, 0.6) is 0 Å². The quantitative estimate of drug-likeness (QED) is 0.855. The van der Waals surface area contributed by atoms with E-state index < -0.39 is 0 Å². The van der Waals surface area contributed by atoms with E-state index in [1.807, 2.05) is 13.8 Å². The van der Waals surface area contributed by atoms with Crippen LogP contribution in [0, 0.1) is 13.8 Å². The van der Waals surface area contributed by atoms with Gasteiger partial charge in [0.25, 0.3) is 0 Å². The first-order valence-corrected chi connectivity index (χ1v) is 6.48. The van der Waals surface area contributed by atoms with E-state index in [0.717, 1.165) is 24.0 Å². The van der Waals surface area contributed by atoms with Gasteiger partial charge >= 0.3 is 0 Å². The van der Waals surface area contributed by atoms with Crippen LogP contribution < -0.4 is 10.6 Å². The molecule has 0 unspecified atom stereocenters. The van der Waals surface area contributed by atoms with Gasteiger partial charge in [0, 0.05) is 19.0 Å². The predicted molar refractivity (Wildman–Crippen MR) is 70.8 cm³/mol. The van der Waals surface area contributed by atoms with E-state index in [9.17, 15) is 4.79 Å². The summed E-state index contributed by atoms with van der Waals surface area (Å²) >= 11 is 5.87. The molecular weight excluding hydrogens is 252 g/mol. The van der Waals surface area contributed by atoms with Crippen molar-refractivity contribution in [3.8, 4) is 0 Å². The lowest BCUT2D eigenvalue weighted by Gasteiger charge is -2.10. The average Bonchev–Trinajstić information content (AvgIpc) is 3.13. The van der Waals surface area contributed by atoms with Gasteiger partial charge < -0.3 is 10.6 Å². The zero-order valence-corrected chi connectivity index (χ0v) is 11.3. The molecule has 0 spiro atoms. The minimum Gasteiger partial charge on any atom is -0.368 e. The van der Waals surface area contributed by atoms with Crippen LogP contribution in [-0.2, 0) is 4.79 Å². The second kappa shape index (κ2) is 5.52. The summed E-state index contributed by atoms with van der Waals surface area (Å²) in [5.74, 6) is 0.775. The highest BCUT2D eigenvalue weighted by molar-refractivity contribution is 6.30. The molecule has 0 bridgehead atoms. The Kier molecular flexibility index (Phi) is 4.01. The van der Waals surface area contributed by atoms with Gasteiger partial charge in [-0.15, -0.1) is 10.2 Å². The van der Waals surface area contributed by atoms with Crippen molar-refractivity contribution in [3.63, 3.8) is 0 Å². The first-order chi connectivity index (χ1) is 8.58. The smallest absolute Gasteiger partial charge is 0.221 e. The number of aromatic nitrogens is 2. The molecule has 5 nitrogen and oxygen atoms in total. The molecule has 1 amide bonds. The van der Waals surface area contributed by atoms with Gasteiger partial charge in [0.15, 0.2) is 11.0 Å². The van der Waals surface area contributed by atoms with E-state index in [-0.39, 0.29) is 5.91 Å². The maximum atomic E-state index is 11.5. The Morgan fingerprint density at radius 2 is 2.06 bits per heavy atom. The fourth-order valence-corrected chi connectivity index (χ4v) is 1.75. The van der Waals surface area contributed by atoms with Crippen molar-refractivity contribution < 1.29 is 4.79 Å². The van der Waals surface area contributed by atoms with Crippen LogP contribution in [0.15, 0.2) is 0 Å².